The fraction of sp³-hybridized carbons (Fsp3) is 0.394. The van der Waals surface area contributed by atoms with Gasteiger partial charge in [0, 0.05) is 36.7 Å². The first kappa shape index (κ1) is 37.7. The molecule has 4 rings (SSSR count). The van der Waals surface area contributed by atoms with Crippen LogP contribution in [0.3, 0.4) is 0 Å². The van der Waals surface area contributed by atoms with Crippen LogP contribution >= 0.6 is 11.6 Å². The van der Waals surface area contributed by atoms with Gasteiger partial charge < -0.3 is 30.7 Å². The molecular formula is C33H36ClF5N2O6. The quantitative estimate of drug-likeness (QED) is 0.135. The lowest BCUT2D eigenvalue weighted by molar-refractivity contribution is -0.192. The molecule has 1 fully saturated rings. The van der Waals surface area contributed by atoms with Gasteiger partial charge in [-0.2, -0.15) is 13.2 Å². The van der Waals surface area contributed by atoms with Gasteiger partial charge in [0.15, 0.2) is 11.6 Å². The third-order valence-electron chi connectivity index (χ3n) is 7.76. The third-order valence-corrected chi connectivity index (χ3v) is 8.14. The average molecular weight is 687 g/mol. The van der Waals surface area contributed by atoms with Crippen molar-refractivity contribution < 1.29 is 51.2 Å². The molecule has 0 spiro atoms. The Morgan fingerprint density at radius 3 is 2.23 bits per heavy atom. The summed E-state index contributed by atoms with van der Waals surface area (Å²) in [5.41, 5.74) is 6.06. The van der Waals surface area contributed by atoms with Crippen LogP contribution in [0.5, 0.6) is 5.75 Å². The number of hydrogen-bond acceptors (Lipinski definition) is 6. The number of halogens is 6. The minimum Gasteiger partial charge on any atom is -0.488 e. The zero-order valence-corrected chi connectivity index (χ0v) is 26.4. The maximum atomic E-state index is 15.8. The normalized spacial score (nSPS) is 18.5. The number of alkyl halides is 3. The van der Waals surface area contributed by atoms with Gasteiger partial charge in [-0.3, -0.25) is 4.79 Å². The second kappa shape index (κ2) is 16.4. The van der Waals surface area contributed by atoms with E-state index < -0.39 is 35.3 Å². The summed E-state index contributed by atoms with van der Waals surface area (Å²) >= 11 is 6.41. The number of nitrogens with two attached hydrogens (primary N) is 1. The summed E-state index contributed by atoms with van der Waals surface area (Å²) in [5, 5.41) is 20.7. The zero-order chi connectivity index (χ0) is 34.9. The number of benzene rings is 3. The van der Waals surface area contributed by atoms with E-state index in [2.05, 4.69) is 5.32 Å². The zero-order valence-electron chi connectivity index (χ0n) is 25.7. The number of amides is 1. The molecular weight excluding hydrogens is 651 g/mol. The second-order valence-electron chi connectivity index (χ2n) is 11.3. The first-order valence-corrected chi connectivity index (χ1v) is 15.0. The predicted octanol–water partition coefficient (Wildman–Crippen LogP) is 6.46. The average Bonchev–Trinajstić information content (AvgIpc) is 3.01. The van der Waals surface area contributed by atoms with E-state index in [-0.39, 0.29) is 52.6 Å². The maximum absolute atomic E-state index is 15.8. The molecule has 1 atom stereocenters. The van der Waals surface area contributed by atoms with Gasteiger partial charge in [0.2, 0.25) is 5.91 Å². The van der Waals surface area contributed by atoms with Crippen LogP contribution in [-0.2, 0) is 9.53 Å². The van der Waals surface area contributed by atoms with Gasteiger partial charge >= 0.3 is 12.1 Å². The van der Waals surface area contributed by atoms with Gasteiger partial charge in [0.05, 0.1) is 22.8 Å². The summed E-state index contributed by atoms with van der Waals surface area (Å²) in [6, 6.07) is 15.4. The van der Waals surface area contributed by atoms with E-state index in [1.165, 1.54) is 25.3 Å². The molecule has 5 N–H and O–H groups in total. The number of carboxylic acid groups (broad SMARTS) is 1. The van der Waals surface area contributed by atoms with Crippen LogP contribution in [0.15, 0.2) is 54.6 Å². The molecule has 0 saturated heterocycles. The Hall–Kier alpha value is -3.78. The summed E-state index contributed by atoms with van der Waals surface area (Å²) in [6.07, 6.45) is -2.06. The number of aliphatic carboxylic acids is 1. The van der Waals surface area contributed by atoms with Gasteiger partial charge in [-0.05, 0) is 68.0 Å². The molecule has 0 heterocycles. The van der Waals surface area contributed by atoms with E-state index in [1.807, 2.05) is 37.3 Å². The molecule has 0 aliphatic heterocycles. The first-order chi connectivity index (χ1) is 22.1. The number of ether oxygens (including phenoxy) is 2. The van der Waals surface area contributed by atoms with E-state index in [0.717, 1.165) is 18.4 Å². The Kier molecular flexibility index (Phi) is 13.1. The van der Waals surface area contributed by atoms with Crippen LogP contribution in [0.1, 0.15) is 60.0 Å². The van der Waals surface area contributed by atoms with Crippen molar-refractivity contribution in [3.05, 3.63) is 87.9 Å². The number of methoxy groups -OCH3 is 1. The number of nitrogens with one attached hydrogen (secondary N) is 1. The molecule has 0 aromatic heterocycles. The van der Waals surface area contributed by atoms with Crippen LogP contribution in [0.4, 0.5) is 22.0 Å². The molecule has 3 aromatic carbocycles. The number of carbonyl (C=O) groups excluding carboxylic acids is 1. The molecule has 1 unspecified atom stereocenters. The fourth-order valence-electron chi connectivity index (χ4n) is 5.21. The van der Waals surface area contributed by atoms with Gasteiger partial charge in [-0.25, -0.2) is 13.6 Å². The van der Waals surface area contributed by atoms with Crippen molar-refractivity contribution in [1.29, 1.82) is 0 Å². The lowest BCUT2D eigenvalue weighted by Crippen LogP contribution is -2.41. The monoisotopic (exact) mass is 686 g/mol. The number of primary amides is 1. The lowest BCUT2D eigenvalue weighted by atomic mass is 9.83. The lowest BCUT2D eigenvalue weighted by Gasteiger charge is -2.34. The molecule has 1 amide bonds. The van der Waals surface area contributed by atoms with Crippen LogP contribution < -0.4 is 15.8 Å². The Morgan fingerprint density at radius 2 is 1.68 bits per heavy atom. The molecule has 1 aliphatic rings. The van der Waals surface area contributed by atoms with Gasteiger partial charge in [-0.15, -0.1) is 0 Å². The Morgan fingerprint density at radius 1 is 1.06 bits per heavy atom. The topological polar surface area (TPSA) is 131 Å². The summed E-state index contributed by atoms with van der Waals surface area (Å²) in [5.74, 6) is -5.69. The number of aliphatic hydroxyl groups is 1. The smallest absolute Gasteiger partial charge is 0.488 e. The fourth-order valence-corrected chi connectivity index (χ4v) is 5.41. The molecule has 8 nitrogen and oxygen atoms in total. The number of rotatable bonds is 11. The Balaban J connectivity index is 0.000000771. The maximum Gasteiger partial charge on any atom is 0.490 e. The standard InChI is InChI=1S/C31H35ClF2N2O4.C2HF3O2/c1-31(38)12-10-21(11-13-31)36-18-24(19-6-4-3-5-7-19)20-16-23(28(32)25(33)17-20)27-22(30(35)37)8-9-26(29(27)34)40-15-14-39-2;3-2(4,5)1(6)7/h3-9,16-17,21,24,36,38H,10-15,18H2,1-2H3,(H2,35,37);(H,6,7). The van der Waals surface area contributed by atoms with Crippen molar-refractivity contribution in [2.45, 2.75) is 56.3 Å². The van der Waals surface area contributed by atoms with Crippen molar-refractivity contribution >= 4 is 23.5 Å². The molecule has 14 heteroatoms. The minimum atomic E-state index is -5.08. The van der Waals surface area contributed by atoms with Crippen LogP contribution in [0, 0.1) is 11.6 Å². The van der Waals surface area contributed by atoms with E-state index in [4.69, 9.17) is 36.7 Å². The molecule has 1 aliphatic carbocycles. The summed E-state index contributed by atoms with van der Waals surface area (Å²) in [4.78, 5) is 21.2. The molecule has 0 radical (unpaired) electrons. The van der Waals surface area contributed by atoms with Crippen molar-refractivity contribution in [3.8, 4) is 16.9 Å². The van der Waals surface area contributed by atoms with Crippen LogP contribution in [-0.4, -0.2) is 66.8 Å². The molecule has 256 valence electrons. The second-order valence-corrected chi connectivity index (χ2v) is 11.7. The van der Waals surface area contributed by atoms with Crippen molar-refractivity contribution in [2.75, 3.05) is 26.9 Å². The van der Waals surface area contributed by atoms with Gasteiger partial charge in [0.1, 0.15) is 12.4 Å². The van der Waals surface area contributed by atoms with E-state index in [0.29, 0.717) is 24.9 Å². The number of carboxylic acids is 1. The summed E-state index contributed by atoms with van der Waals surface area (Å²) in [7, 11) is 1.49. The van der Waals surface area contributed by atoms with E-state index in [1.54, 1.807) is 6.07 Å². The van der Waals surface area contributed by atoms with Gasteiger partial charge in [0.25, 0.3) is 0 Å². The van der Waals surface area contributed by atoms with E-state index >= 15 is 8.78 Å². The highest BCUT2D eigenvalue weighted by Crippen LogP contribution is 2.40. The minimum absolute atomic E-state index is 0.00908. The van der Waals surface area contributed by atoms with Gasteiger partial charge in [-0.1, -0.05) is 41.9 Å². The van der Waals surface area contributed by atoms with E-state index in [9.17, 15) is 23.1 Å². The highest BCUT2D eigenvalue weighted by Gasteiger charge is 2.38. The van der Waals surface area contributed by atoms with Crippen molar-refractivity contribution in [3.63, 3.8) is 0 Å². The van der Waals surface area contributed by atoms with Crippen LogP contribution in [0.2, 0.25) is 5.02 Å². The molecule has 0 bridgehead atoms. The highest BCUT2D eigenvalue weighted by molar-refractivity contribution is 6.33. The number of hydrogen-bond donors (Lipinski definition) is 4. The Labute approximate surface area is 273 Å². The van der Waals surface area contributed by atoms with Crippen molar-refractivity contribution in [1.82, 2.24) is 5.32 Å². The summed E-state index contributed by atoms with van der Waals surface area (Å²) < 4.78 is 73.5. The first-order valence-electron chi connectivity index (χ1n) is 14.6. The largest absolute Gasteiger partial charge is 0.490 e. The molecule has 1 saturated carbocycles. The Bertz CT molecular complexity index is 1530. The SMILES string of the molecule is COCCOc1ccc(C(N)=O)c(-c2cc(C(CNC3CCC(C)(O)CC3)c3ccccc3)cc(F)c2Cl)c1F.O=C(O)C(F)(F)F. The van der Waals surface area contributed by atoms with Crippen LogP contribution in [0.25, 0.3) is 11.1 Å². The molecule has 47 heavy (non-hydrogen) atoms. The number of carbonyl (C=O) groups is 2. The third kappa shape index (κ3) is 10.4. The predicted molar refractivity (Wildman–Crippen MR) is 166 cm³/mol. The highest BCUT2D eigenvalue weighted by atomic mass is 35.5. The summed E-state index contributed by atoms with van der Waals surface area (Å²) in [6.45, 7) is 2.62. The molecule has 3 aromatic rings. The van der Waals surface area contributed by atoms with Crippen molar-refractivity contribution in [2.24, 2.45) is 5.73 Å².